The fourth-order valence-corrected chi connectivity index (χ4v) is 6.16. The summed E-state index contributed by atoms with van der Waals surface area (Å²) in [5.41, 5.74) is 5.60. The largest absolute Gasteiger partial charge is 0.490 e. The van der Waals surface area contributed by atoms with Gasteiger partial charge in [0.1, 0.15) is 6.61 Å². The van der Waals surface area contributed by atoms with Gasteiger partial charge in [-0.25, -0.2) is 9.79 Å². The Balaban J connectivity index is 1.53. The number of amides is 1. The van der Waals surface area contributed by atoms with Crippen molar-refractivity contribution in [2.24, 2.45) is 4.99 Å². The van der Waals surface area contributed by atoms with Gasteiger partial charge in [-0.05, 0) is 116 Å². The lowest BCUT2D eigenvalue weighted by Crippen LogP contribution is -2.28. The third kappa shape index (κ3) is 7.91. The molecule has 1 amide bonds. The molecule has 1 aliphatic heterocycles. The number of carboxylic acid groups (broad SMARTS) is 1. The molecule has 0 bridgehead atoms. The van der Waals surface area contributed by atoms with Crippen LogP contribution in [0.3, 0.4) is 0 Å². The summed E-state index contributed by atoms with van der Waals surface area (Å²) in [5.74, 6) is -0.172. The number of carboxylic acids is 1. The smallest absolute Gasteiger partial charge is 0.335 e. The fourth-order valence-electron chi connectivity index (χ4n) is 4.81. The van der Waals surface area contributed by atoms with Crippen LogP contribution >= 0.6 is 35.0 Å². The van der Waals surface area contributed by atoms with Gasteiger partial charge < -0.3 is 14.6 Å². The molecule has 0 atom stereocenters. The minimum atomic E-state index is -0.989. The van der Waals surface area contributed by atoms with Gasteiger partial charge in [0.25, 0.3) is 5.91 Å². The SMILES string of the molecule is C=CCc1cc(/C=C2/SC(=Nc3ccc(C)c(Cl)c3)N(c3ccc(C)c(Cl)c3)C2=O)cc(OCC)c1OCc1ccc(C(=O)O)cc1. The zero-order chi connectivity index (χ0) is 33.7. The number of aromatic carboxylic acids is 1. The van der Waals surface area contributed by atoms with Gasteiger partial charge in [-0.15, -0.1) is 6.58 Å². The number of amidine groups is 1. The van der Waals surface area contributed by atoms with Crippen molar-refractivity contribution in [2.75, 3.05) is 11.5 Å². The molecule has 1 fully saturated rings. The number of thioether (sulfide) groups is 1. The number of carbonyl (C=O) groups excluding carboxylic acids is 1. The number of aliphatic imine (C=N–C) groups is 1. The average Bonchev–Trinajstić information content (AvgIpc) is 3.34. The van der Waals surface area contributed by atoms with Crippen LogP contribution in [0, 0.1) is 13.8 Å². The molecule has 4 aromatic carbocycles. The van der Waals surface area contributed by atoms with E-state index in [1.165, 1.54) is 11.8 Å². The molecule has 0 aliphatic carbocycles. The Bertz CT molecular complexity index is 1920. The average molecular weight is 688 g/mol. The second kappa shape index (κ2) is 14.9. The van der Waals surface area contributed by atoms with E-state index in [9.17, 15) is 14.7 Å². The first kappa shape index (κ1) is 33.9. The number of carbonyl (C=O) groups is 2. The highest BCUT2D eigenvalue weighted by atomic mass is 35.5. The van der Waals surface area contributed by atoms with Crippen LogP contribution in [-0.2, 0) is 17.8 Å². The Morgan fingerprint density at radius 2 is 1.68 bits per heavy atom. The van der Waals surface area contributed by atoms with Gasteiger partial charge in [-0.2, -0.15) is 0 Å². The van der Waals surface area contributed by atoms with E-state index in [4.69, 9.17) is 37.7 Å². The molecule has 0 spiro atoms. The van der Waals surface area contributed by atoms with Crippen molar-refractivity contribution in [1.82, 2.24) is 0 Å². The molecule has 0 radical (unpaired) electrons. The molecular formula is C37H32Cl2N2O5S. The van der Waals surface area contributed by atoms with Crippen molar-refractivity contribution in [3.8, 4) is 11.5 Å². The molecule has 47 heavy (non-hydrogen) atoms. The Labute approximate surface area is 288 Å². The van der Waals surface area contributed by atoms with Gasteiger partial charge in [-0.1, -0.05) is 53.5 Å². The minimum Gasteiger partial charge on any atom is -0.490 e. The maximum absolute atomic E-state index is 14.0. The normalized spacial score (nSPS) is 14.6. The first-order valence-electron chi connectivity index (χ1n) is 14.8. The number of aryl methyl sites for hydroxylation is 2. The van der Waals surface area contributed by atoms with E-state index in [2.05, 4.69) is 6.58 Å². The Morgan fingerprint density at radius 1 is 0.979 bits per heavy atom. The number of benzene rings is 4. The Kier molecular flexibility index (Phi) is 10.8. The van der Waals surface area contributed by atoms with Crippen LogP contribution in [0.2, 0.25) is 10.0 Å². The molecule has 1 heterocycles. The summed E-state index contributed by atoms with van der Waals surface area (Å²) in [6, 6.07) is 21.3. The van der Waals surface area contributed by atoms with Crippen molar-refractivity contribution < 1.29 is 24.2 Å². The molecule has 1 N–H and O–H groups in total. The zero-order valence-corrected chi connectivity index (χ0v) is 28.4. The van der Waals surface area contributed by atoms with E-state index in [0.29, 0.717) is 56.0 Å². The maximum Gasteiger partial charge on any atom is 0.335 e. The van der Waals surface area contributed by atoms with Crippen LogP contribution in [0.5, 0.6) is 11.5 Å². The van der Waals surface area contributed by atoms with E-state index in [1.807, 2.05) is 63.2 Å². The number of ether oxygens (including phenoxy) is 2. The van der Waals surface area contributed by atoms with E-state index >= 15 is 0 Å². The number of hydrogen-bond acceptors (Lipinski definition) is 6. The Morgan fingerprint density at radius 3 is 2.32 bits per heavy atom. The summed E-state index contributed by atoms with van der Waals surface area (Å²) >= 11 is 14.1. The zero-order valence-electron chi connectivity index (χ0n) is 26.1. The number of rotatable bonds is 11. The summed E-state index contributed by atoms with van der Waals surface area (Å²) in [6.45, 7) is 10.2. The molecule has 240 valence electrons. The molecule has 0 unspecified atom stereocenters. The van der Waals surface area contributed by atoms with Gasteiger partial charge in [0.05, 0.1) is 28.5 Å². The number of anilines is 1. The quantitative estimate of drug-likeness (QED) is 0.125. The van der Waals surface area contributed by atoms with Crippen LogP contribution in [-0.4, -0.2) is 28.8 Å². The molecule has 7 nitrogen and oxygen atoms in total. The number of halogens is 2. The van der Waals surface area contributed by atoms with Crippen molar-refractivity contribution in [2.45, 2.75) is 33.8 Å². The lowest BCUT2D eigenvalue weighted by molar-refractivity contribution is -0.113. The number of allylic oxidation sites excluding steroid dienone is 1. The van der Waals surface area contributed by atoms with Crippen molar-refractivity contribution >= 4 is 69.5 Å². The van der Waals surface area contributed by atoms with Gasteiger partial charge in [0, 0.05) is 15.6 Å². The standard InChI is InChI=1S/C37H32Cl2N2O5S/c1-5-7-27-16-25(17-32(45-6-2)34(27)46-21-24-10-12-26(13-11-24)36(43)44)18-33-35(42)41(29-15-9-23(4)31(39)20-29)37(47-33)40-28-14-8-22(3)30(38)19-28/h5,8-20H,1,6-7,21H2,2-4H3,(H,43,44)/b33-18+,40-37?. The summed E-state index contributed by atoms with van der Waals surface area (Å²) in [5, 5.41) is 10.8. The highest BCUT2D eigenvalue weighted by Crippen LogP contribution is 2.41. The molecule has 5 rings (SSSR count). The Hall–Kier alpha value is -4.50. The van der Waals surface area contributed by atoms with E-state index in [1.54, 1.807) is 47.4 Å². The second-order valence-electron chi connectivity index (χ2n) is 10.7. The summed E-state index contributed by atoms with van der Waals surface area (Å²) in [4.78, 5) is 32.1. The molecule has 0 saturated carbocycles. The second-order valence-corrected chi connectivity index (χ2v) is 12.6. The molecular weight excluding hydrogens is 655 g/mol. The fraction of sp³-hybridized carbons (Fsp3) is 0.162. The summed E-state index contributed by atoms with van der Waals surface area (Å²) < 4.78 is 12.3. The van der Waals surface area contributed by atoms with Crippen LogP contribution < -0.4 is 14.4 Å². The van der Waals surface area contributed by atoms with Gasteiger partial charge in [0.15, 0.2) is 16.7 Å². The molecule has 1 aliphatic rings. The maximum atomic E-state index is 14.0. The predicted octanol–water partition coefficient (Wildman–Crippen LogP) is 9.82. The van der Waals surface area contributed by atoms with Gasteiger partial charge in [-0.3, -0.25) is 9.69 Å². The van der Waals surface area contributed by atoms with Crippen LogP contribution in [0.4, 0.5) is 11.4 Å². The summed E-state index contributed by atoms with van der Waals surface area (Å²) in [7, 11) is 0. The monoisotopic (exact) mass is 686 g/mol. The number of nitrogens with zero attached hydrogens (tertiary/aromatic N) is 2. The van der Waals surface area contributed by atoms with Crippen LogP contribution in [0.15, 0.2) is 95.3 Å². The summed E-state index contributed by atoms with van der Waals surface area (Å²) in [6.07, 6.45) is 4.07. The third-order valence-corrected chi connectivity index (χ3v) is 9.08. The molecule has 1 saturated heterocycles. The minimum absolute atomic E-state index is 0.202. The first-order valence-corrected chi connectivity index (χ1v) is 16.4. The lowest BCUT2D eigenvalue weighted by atomic mass is 10.0. The van der Waals surface area contributed by atoms with Crippen molar-refractivity contribution in [1.29, 1.82) is 0 Å². The lowest BCUT2D eigenvalue weighted by Gasteiger charge is -2.17. The van der Waals surface area contributed by atoms with Crippen LogP contribution in [0.1, 0.15) is 45.1 Å². The van der Waals surface area contributed by atoms with E-state index in [0.717, 1.165) is 27.8 Å². The highest BCUT2D eigenvalue weighted by Gasteiger charge is 2.35. The van der Waals surface area contributed by atoms with Crippen molar-refractivity contribution in [3.63, 3.8) is 0 Å². The first-order chi connectivity index (χ1) is 22.6. The van der Waals surface area contributed by atoms with Gasteiger partial charge in [0.2, 0.25) is 0 Å². The molecule has 10 heteroatoms. The predicted molar refractivity (Wildman–Crippen MR) is 192 cm³/mol. The van der Waals surface area contributed by atoms with Crippen LogP contribution in [0.25, 0.3) is 6.08 Å². The van der Waals surface area contributed by atoms with E-state index in [-0.39, 0.29) is 18.1 Å². The third-order valence-electron chi connectivity index (χ3n) is 7.30. The topological polar surface area (TPSA) is 88.4 Å². The van der Waals surface area contributed by atoms with E-state index < -0.39 is 5.97 Å². The number of hydrogen-bond donors (Lipinski definition) is 1. The van der Waals surface area contributed by atoms with Gasteiger partial charge >= 0.3 is 5.97 Å². The molecule has 0 aromatic heterocycles. The highest BCUT2D eigenvalue weighted by molar-refractivity contribution is 8.19. The van der Waals surface area contributed by atoms with Crippen molar-refractivity contribution in [3.05, 3.63) is 134 Å². The molecule has 4 aromatic rings.